The maximum absolute atomic E-state index is 12.6. The van der Waals surface area contributed by atoms with Gasteiger partial charge in [-0.2, -0.15) is 13.2 Å². The normalized spacial score (nSPS) is 11.2. The number of halogens is 4. The molecule has 0 bridgehead atoms. The van der Waals surface area contributed by atoms with Crippen LogP contribution < -0.4 is 34.3 Å². The Balaban J connectivity index is 0.00000312. The first-order valence-electron chi connectivity index (χ1n) is 6.23. The molecule has 0 spiro atoms. The second kappa shape index (κ2) is 8.52. The van der Waals surface area contributed by atoms with E-state index in [4.69, 9.17) is 21.5 Å². The molecule has 0 saturated heterocycles. The average Bonchev–Trinajstić information content (AvgIpc) is 2.48. The van der Waals surface area contributed by atoms with Gasteiger partial charge in [0, 0.05) is 6.07 Å². The van der Waals surface area contributed by atoms with E-state index in [1.807, 2.05) is 0 Å². The Kier molecular flexibility index (Phi) is 7.24. The fraction of sp³-hybridized carbons (Fsp3) is 0.0714. The summed E-state index contributed by atoms with van der Waals surface area (Å²) in [6, 6.07) is 6.06. The molecule has 0 amide bonds. The second-order valence-corrected chi connectivity index (χ2v) is 4.87. The molecule has 0 aromatic heterocycles. The maximum Gasteiger partial charge on any atom is 1.00 e. The van der Waals surface area contributed by atoms with E-state index in [-0.39, 0.29) is 58.8 Å². The molecule has 1 N–H and O–H groups in total. The minimum Gasteiger partial charge on any atom is -1.00 e. The third-order valence-electron chi connectivity index (χ3n) is 2.88. The molecule has 0 aliphatic rings. The first-order valence-corrected chi connectivity index (χ1v) is 6.60. The molecule has 11 heteroatoms. The molecule has 0 heterocycles. The van der Waals surface area contributed by atoms with Crippen LogP contribution in [0.15, 0.2) is 41.6 Å². The summed E-state index contributed by atoms with van der Waals surface area (Å²) in [5, 5.41) is 21.8. The summed E-state index contributed by atoms with van der Waals surface area (Å²) in [6.45, 7) is 0. The van der Waals surface area contributed by atoms with E-state index in [0.29, 0.717) is 6.07 Å². The Morgan fingerprint density at radius 3 is 2.48 bits per heavy atom. The number of hydrogen-bond donors (Lipinski definition) is 1. The molecule has 25 heavy (non-hydrogen) atoms. The van der Waals surface area contributed by atoms with Crippen LogP contribution >= 0.6 is 11.6 Å². The van der Waals surface area contributed by atoms with Crippen molar-refractivity contribution in [2.45, 2.75) is 6.18 Å². The summed E-state index contributed by atoms with van der Waals surface area (Å²) in [7, 11) is 0. The van der Waals surface area contributed by atoms with Gasteiger partial charge in [-0.15, -0.1) is 0 Å². The maximum atomic E-state index is 12.6. The molecule has 128 valence electrons. The molecule has 0 saturated carbocycles. The van der Waals surface area contributed by atoms with Crippen LogP contribution in [0.3, 0.4) is 0 Å². The molecular weight excluding hydrogens is 376 g/mol. The van der Waals surface area contributed by atoms with Crippen LogP contribution in [0, 0.1) is 10.1 Å². The van der Waals surface area contributed by atoms with Crippen LogP contribution in [0.5, 0.6) is 11.5 Å². The molecule has 6 nitrogen and oxygen atoms in total. The number of alkyl halides is 3. The van der Waals surface area contributed by atoms with E-state index >= 15 is 0 Å². The Labute approximate surface area is 167 Å². The van der Waals surface area contributed by atoms with Gasteiger partial charge in [-0.1, -0.05) is 16.8 Å². The number of nitrogens with zero attached hydrogens (tertiary/aromatic N) is 2. The van der Waals surface area contributed by atoms with Crippen molar-refractivity contribution in [1.29, 1.82) is 0 Å². The number of nitro benzene ring substituents is 1. The third kappa shape index (κ3) is 5.33. The molecule has 0 aliphatic carbocycles. The largest absolute Gasteiger partial charge is 1.00 e. The fourth-order valence-corrected chi connectivity index (χ4v) is 2.03. The quantitative estimate of drug-likeness (QED) is 0.287. The van der Waals surface area contributed by atoms with Gasteiger partial charge >= 0.3 is 35.7 Å². The van der Waals surface area contributed by atoms with Crippen molar-refractivity contribution in [1.82, 2.24) is 0 Å². The standard InChI is InChI=1S/C14H8ClF3N2O4.Na.H/c15-11-6-9(14(16,17)18)1-4-13(11)24-10-2-3-12(20(22)23)8(5-10)7-19-21;;/h1-7,21H;;/q;+1;-1. The zero-order valence-electron chi connectivity index (χ0n) is 13.6. The van der Waals surface area contributed by atoms with Crippen LogP contribution in [-0.2, 0) is 6.18 Å². The number of rotatable bonds is 4. The molecular formula is C14H9ClF3N2NaO4. The zero-order chi connectivity index (χ0) is 17.9. The van der Waals surface area contributed by atoms with Gasteiger partial charge in [0.25, 0.3) is 5.69 Å². The van der Waals surface area contributed by atoms with Crippen molar-refractivity contribution in [3.8, 4) is 11.5 Å². The number of ether oxygens (including phenoxy) is 1. The molecule has 0 fully saturated rings. The molecule has 2 aromatic carbocycles. The van der Waals surface area contributed by atoms with Crippen LogP contribution in [-0.4, -0.2) is 16.3 Å². The minimum atomic E-state index is -4.54. The smallest absolute Gasteiger partial charge is 1.00 e. The van der Waals surface area contributed by atoms with Crippen molar-refractivity contribution >= 4 is 23.5 Å². The summed E-state index contributed by atoms with van der Waals surface area (Å²) in [6.07, 6.45) is -3.71. The molecule has 2 rings (SSSR count). The van der Waals surface area contributed by atoms with Gasteiger partial charge in [-0.25, -0.2) is 0 Å². The first-order chi connectivity index (χ1) is 11.2. The predicted octanol–water partition coefficient (Wildman–Crippen LogP) is 1.98. The van der Waals surface area contributed by atoms with Gasteiger partial charge in [-0.3, -0.25) is 10.1 Å². The summed E-state index contributed by atoms with van der Waals surface area (Å²) in [5.41, 5.74) is -1.32. The number of benzene rings is 2. The Morgan fingerprint density at radius 2 is 1.96 bits per heavy atom. The van der Waals surface area contributed by atoms with Crippen LogP contribution in [0.1, 0.15) is 12.6 Å². The summed E-state index contributed by atoms with van der Waals surface area (Å²) in [4.78, 5) is 10.2. The van der Waals surface area contributed by atoms with Crippen molar-refractivity contribution in [3.63, 3.8) is 0 Å². The Bertz CT molecular complexity index is 821. The van der Waals surface area contributed by atoms with E-state index in [2.05, 4.69) is 5.16 Å². The average molecular weight is 385 g/mol. The number of nitro groups is 1. The van der Waals surface area contributed by atoms with Crippen LogP contribution in [0.25, 0.3) is 0 Å². The van der Waals surface area contributed by atoms with Gasteiger partial charge in [0.2, 0.25) is 0 Å². The van der Waals surface area contributed by atoms with Gasteiger partial charge in [0.15, 0.2) is 0 Å². The summed E-state index contributed by atoms with van der Waals surface area (Å²) in [5.74, 6) is 0.00238. The van der Waals surface area contributed by atoms with Crippen LogP contribution in [0.2, 0.25) is 5.02 Å². The van der Waals surface area contributed by atoms with E-state index in [1.54, 1.807) is 0 Å². The van der Waals surface area contributed by atoms with E-state index in [0.717, 1.165) is 24.4 Å². The van der Waals surface area contributed by atoms with Crippen molar-refractivity contribution in [2.24, 2.45) is 5.16 Å². The Morgan fingerprint density at radius 1 is 1.28 bits per heavy atom. The van der Waals surface area contributed by atoms with E-state index in [9.17, 15) is 23.3 Å². The predicted molar refractivity (Wildman–Crippen MR) is 80.1 cm³/mol. The third-order valence-corrected chi connectivity index (χ3v) is 3.17. The van der Waals surface area contributed by atoms with Gasteiger partial charge in [0.05, 0.1) is 27.3 Å². The summed E-state index contributed by atoms with van der Waals surface area (Å²) < 4.78 is 43.1. The van der Waals surface area contributed by atoms with Gasteiger partial charge < -0.3 is 11.4 Å². The number of hydrogen-bond acceptors (Lipinski definition) is 5. The zero-order valence-corrected chi connectivity index (χ0v) is 15.4. The molecule has 0 atom stereocenters. The molecule has 0 unspecified atom stereocenters. The fourth-order valence-electron chi connectivity index (χ4n) is 1.81. The molecule has 0 aliphatic heterocycles. The Hall–Kier alpha value is -1.81. The van der Waals surface area contributed by atoms with Crippen LogP contribution in [0.4, 0.5) is 18.9 Å². The van der Waals surface area contributed by atoms with E-state index < -0.39 is 16.7 Å². The molecule has 2 aromatic rings. The second-order valence-electron chi connectivity index (χ2n) is 4.47. The summed E-state index contributed by atoms with van der Waals surface area (Å²) >= 11 is 5.77. The van der Waals surface area contributed by atoms with Crippen molar-refractivity contribution < 1.29 is 59.0 Å². The van der Waals surface area contributed by atoms with Crippen molar-refractivity contribution in [2.75, 3.05) is 0 Å². The number of oxime groups is 1. The first kappa shape index (κ1) is 21.2. The van der Waals surface area contributed by atoms with E-state index in [1.165, 1.54) is 12.1 Å². The molecule has 0 radical (unpaired) electrons. The van der Waals surface area contributed by atoms with Gasteiger partial charge in [0.1, 0.15) is 11.5 Å². The minimum absolute atomic E-state index is 0. The SMILES string of the molecule is O=[N+]([O-])c1ccc(Oc2ccc(C(F)(F)F)cc2Cl)cc1C=NO.[H-].[Na+]. The van der Waals surface area contributed by atoms with Gasteiger partial charge in [-0.05, 0) is 30.3 Å². The monoisotopic (exact) mass is 384 g/mol. The topological polar surface area (TPSA) is 85.0 Å². The van der Waals surface area contributed by atoms with Crippen molar-refractivity contribution in [3.05, 3.63) is 62.7 Å².